The minimum absolute atomic E-state index is 0.888. The summed E-state index contributed by atoms with van der Waals surface area (Å²) in [7, 11) is 2.04. The van der Waals surface area contributed by atoms with Crippen LogP contribution >= 0.6 is 0 Å². The third kappa shape index (κ3) is 6.47. The van der Waals surface area contributed by atoms with E-state index in [9.17, 15) is 0 Å². The molecule has 0 bridgehead atoms. The summed E-state index contributed by atoms with van der Waals surface area (Å²) in [6.45, 7) is 4.27. The van der Waals surface area contributed by atoms with E-state index >= 15 is 0 Å². The summed E-state index contributed by atoms with van der Waals surface area (Å²) in [5.41, 5.74) is 0. The molecule has 3 nitrogen and oxygen atoms in total. The molecule has 0 unspecified atom stereocenters. The summed E-state index contributed by atoms with van der Waals surface area (Å²) in [6.07, 6.45) is 13.4. The predicted molar refractivity (Wildman–Crippen MR) is 72.9 cm³/mol. The van der Waals surface area contributed by atoms with Gasteiger partial charge in [0, 0.05) is 19.4 Å². The van der Waals surface area contributed by atoms with Crippen LogP contribution < -0.4 is 5.32 Å². The maximum Gasteiger partial charge on any atom is 0.122 e. The molecule has 0 saturated heterocycles. The van der Waals surface area contributed by atoms with Gasteiger partial charge < -0.3 is 9.88 Å². The van der Waals surface area contributed by atoms with Crippen LogP contribution in [0.25, 0.3) is 0 Å². The molecule has 3 heteroatoms. The lowest BCUT2D eigenvalue weighted by Gasteiger charge is -2.05. The summed E-state index contributed by atoms with van der Waals surface area (Å²) < 4.78 is 2.07. The lowest BCUT2D eigenvalue weighted by atomic mass is 10.1. The summed E-state index contributed by atoms with van der Waals surface area (Å²) in [5.74, 6) is 1.12. The predicted octanol–water partition coefficient (Wildman–Crippen LogP) is 3.26. The monoisotopic (exact) mass is 237 g/mol. The summed E-state index contributed by atoms with van der Waals surface area (Å²) >= 11 is 0. The molecule has 0 aliphatic heterocycles. The van der Waals surface area contributed by atoms with Gasteiger partial charge in [0.1, 0.15) is 5.82 Å². The lowest BCUT2D eigenvalue weighted by Crippen LogP contribution is -2.17. The van der Waals surface area contributed by atoms with Crippen molar-refractivity contribution in [2.24, 2.45) is 7.05 Å². The first-order valence-electron chi connectivity index (χ1n) is 7.01. The van der Waals surface area contributed by atoms with Crippen LogP contribution in [-0.2, 0) is 13.6 Å². The molecule has 1 aromatic rings. The van der Waals surface area contributed by atoms with E-state index < -0.39 is 0 Å². The van der Waals surface area contributed by atoms with E-state index in [0.717, 1.165) is 18.9 Å². The van der Waals surface area contributed by atoms with Crippen molar-refractivity contribution >= 4 is 0 Å². The van der Waals surface area contributed by atoms with Crippen LogP contribution in [0.5, 0.6) is 0 Å². The highest BCUT2D eigenvalue weighted by Gasteiger charge is 1.97. The maximum atomic E-state index is 4.28. The third-order valence-corrected chi connectivity index (χ3v) is 3.16. The van der Waals surface area contributed by atoms with Crippen LogP contribution in [0.3, 0.4) is 0 Å². The highest BCUT2D eigenvalue weighted by atomic mass is 15.1. The van der Waals surface area contributed by atoms with Gasteiger partial charge in [-0.05, 0) is 13.0 Å². The lowest BCUT2D eigenvalue weighted by molar-refractivity contribution is 0.554. The Balaban J connectivity index is 1.86. The molecule has 0 aromatic carbocycles. The standard InChI is InChI=1S/C14H27N3/c1-3-4-5-6-7-8-9-10-15-13-14-16-11-12-17(14)2/h11-12,15H,3-10,13H2,1-2H3. The molecular formula is C14H27N3. The van der Waals surface area contributed by atoms with E-state index in [1.54, 1.807) is 0 Å². The van der Waals surface area contributed by atoms with Crippen molar-refractivity contribution < 1.29 is 0 Å². The van der Waals surface area contributed by atoms with Gasteiger partial charge in [-0.3, -0.25) is 0 Å². The van der Waals surface area contributed by atoms with Gasteiger partial charge in [0.2, 0.25) is 0 Å². The van der Waals surface area contributed by atoms with Crippen molar-refractivity contribution in [3.05, 3.63) is 18.2 Å². The third-order valence-electron chi connectivity index (χ3n) is 3.16. The minimum atomic E-state index is 0.888. The van der Waals surface area contributed by atoms with Crippen molar-refractivity contribution in [1.29, 1.82) is 0 Å². The van der Waals surface area contributed by atoms with Crippen LogP contribution in [0, 0.1) is 0 Å². The largest absolute Gasteiger partial charge is 0.337 e. The molecule has 1 rings (SSSR count). The Morgan fingerprint density at radius 2 is 1.82 bits per heavy atom. The van der Waals surface area contributed by atoms with E-state index in [-0.39, 0.29) is 0 Å². The fourth-order valence-corrected chi connectivity index (χ4v) is 1.97. The molecule has 0 fully saturated rings. The van der Waals surface area contributed by atoms with Gasteiger partial charge in [0.05, 0.1) is 6.54 Å². The van der Waals surface area contributed by atoms with Crippen molar-refractivity contribution in [2.45, 2.75) is 58.4 Å². The molecule has 1 heterocycles. The maximum absolute atomic E-state index is 4.28. The average molecular weight is 237 g/mol. The molecule has 0 aliphatic rings. The second-order valence-corrected chi connectivity index (χ2v) is 4.75. The first-order valence-corrected chi connectivity index (χ1v) is 7.01. The molecule has 0 amide bonds. The molecule has 1 N–H and O–H groups in total. The van der Waals surface area contributed by atoms with E-state index in [1.807, 2.05) is 19.4 Å². The van der Waals surface area contributed by atoms with E-state index in [2.05, 4.69) is 21.8 Å². The molecule has 17 heavy (non-hydrogen) atoms. The quantitative estimate of drug-likeness (QED) is 0.633. The number of nitrogens with zero attached hydrogens (tertiary/aromatic N) is 2. The Labute approximate surface area is 106 Å². The van der Waals surface area contributed by atoms with Gasteiger partial charge in [-0.1, -0.05) is 45.4 Å². The van der Waals surface area contributed by atoms with Crippen molar-refractivity contribution in [2.75, 3.05) is 6.54 Å². The molecule has 0 radical (unpaired) electrons. The molecule has 0 aliphatic carbocycles. The second kappa shape index (κ2) is 9.23. The Morgan fingerprint density at radius 1 is 1.12 bits per heavy atom. The zero-order valence-corrected chi connectivity index (χ0v) is 11.4. The zero-order valence-electron chi connectivity index (χ0n) is 11.4. The number of unbranched alkanes of at least 4 members (excludes halogenated alkanes) is 6. The number of aryl methyl sites for hydroxylation is 1. The average Bonchev–Trinajstić information content (AvgIpc) is 2.73. The first kappa shape index (κ1) is 14.2. The van der Waals surface area contributed by atoms with Crippen LogP contribution in [0.1, 0.15) is 57.7 Å². The van der Waals surface area contributed by atoms with Gasteiger partial charge in [-0.25, -0.2) is 4.98 Å². The molecule has 98 valence electrons. The molecule has 0 spiro atoms. The summed E-state index contributed by atoms with van der Waals surface area (Å²) in [6, 6.07) is 0. The van der Waals surface area contributed by atoms with Crippen molar-refractivity contribution in [1.82, 2.24) is 14.9 Å². The highest BCUT2D eigenvalue weighted by molar-refractivity contribution is 4.90. The Kier molecular flexibility index (Phi) is 7.72. The number of hydrogen-bond acceptors (Lipinski definition) is 2. The topological polar surface area (TPSA) is 29.9 Å². The number of rotatable bonds is 10. The molecular weight excluding hydrogens is 210 g/mol. The van der Waals surface area contributed by atoms with Gasteiger partial charge in [-0.2, -0.15) is 0 Å². The fraction of sp³-hybridized carbons (Fsp3) is 0.786. The molecule has 0 saturated carbocycles. The SMILES string of the molecule is CCCCCCCCCNCc1nccn1C. The Hall–Kier alpha value is -0.830. The normalized spacial score (nSPS) is 10.9. The number of imidazole rings is 1. The number of nitrogens with one attached hydrogen (secondary N) is 1. The van der Waals surface area contributed by atoms with E-state index in [0.29, 0.717) is 0 Å². The van der Waals surface area contributed by atoms with Crippen LogP contribution in [0.4, 0.5) is 0 Å². The van der Waals surface area contributed by atoms with Gasteiger partial charge in [-0.15, -0.1) is 0 Å². The summed E-state index contributed by atoms with van der Waals surface area (Å²) in [4.78, 5) is 4.28. The van der Waals surface area contributed by atoms with E-state index in [1.165, 1.54) is 44.9 Å². The first-order chi connectivity index (χ1) is 8.34. The van der Waals surface area contributed by atoms with Gasteiger partial charge in [0.15, 0.2) is 0 Å². The van der Waals surface area contributed by atoms with Gasteiger partial charge in [0.25, 0.3) is 0 Å². The minimum Gasteiger partial charge on any atom is -0.337 e. The Morgan fingerprint density at radius 3 is 2.47 bits per heavy atom. The number of hydrogen-bond donors (Lipinski definition) is 1. The zero-order chi connectivity index (χ0) is 12.3. The van der Waals surface area contributed by atoms with E-state index in [4.69, 9.17) is 0 Å². The molecule has 1 aromatic heterocycles. The summed E-state index contributed by atoms with van der Waals surface area (Å²) in [5, 5.41) is 3.45. The number of aromatic nitrogens is 2. The Bertz CT molecular complexity index is 281. The van der Waals surface area contributed by atoms with Crippen molar-refractivity contribution in [3.63, 3.8) is 0 Å². The smallest absolute Gasteiger partial charge is 0.122 e. The van der Waals surface area contributed by atoms with Crippen molar-refractivity contribution in [3.8, 4) is 0 Å². The fourth-order valence-electron chi connectivity index (χ4n) is 1.97. The van der Waals surface area contributed by atoms with Crippen LogP contribution in [0.2, 0.25) is 0 Å². The second-order valence-electron chi connectivity index (χ2n) is 4.75. The van der Waals surface area contributed by atoms with Crippen LogP contribution in [-0.4, -0.2) is 16.1 Å². The van der Waals surface area contributed by atoms with Gasteiger partial charge >= 0.3 is 0 Å². The molecule has 0 atom stereocenters. The van der Waals surface area contributed by atoms with Crippen LogP contribution in [0.15, 0.2) is 12.4 Å². The highest BCUT2D eigenvalue weighted by Crippen LogP contribution is 2.06.